The molecule has 2 aromatic rings. The van der Waals surface area contributed by atoms with Crippen LogP contribution in [-0.2, 0) is 9.53 Å². The van der Waals surface area contributed by atoms with Crippen molar-refractivity contribution in [2.75, 3.05) is 6.61 Å². The molecular weight excluding hydrogens is 370 g/mol. The Labute approximate surface area is 169 Å². The zero-order valence-electron chi connectivity index (χ0n) is 16.2. The highest BCUT2D eigenvalue weighted by Gasteiger charge is 2.29. The molecule has 2 amide bonds. The van der Waals surface area contributed by atoms with Crippen molar-refractivity contribution in [3.63, 3.8) is 0 Å². The van der Waals surface area contributed by atoms with Crippen LogP contribution in [0, 0.1) is 0 Å². The second-order valence-corrected chi connectivity index (χ2v) is 6.93. The fourth-order valence-corrected chi connectivity index (χ4v) is 3.18. The molecule has 1 aromatic heterocycles. The summed E-state index contributed by atoms with van der Waals surface area (Å²) >= 11 is 0. The number of pyridine rings is 1. The maximum atomic E-state index is 12.4. The van der Waals surface area contributed by atoms with Gasteiger partial charge in [0.05, 0.1) is 36.8 Å². The summed E-state index contributed by atoms with van der Waals surface area (Å²) < 4.78 is 5.81. The van der Waals surface area contributed by atoms with Crippen LogP contribution in [0.2, 0.25) is 0 Å². The van der Waals surface area contributed by atoms with E-state index in [1.165, 1.54) is 6.20 Å². The second-order valence-electron chi connectivity index (χ2n) is 6.93. The first-order chi connectivity index (χ1) is 14.1. The molecule has 2 heterocycles. The zero-order valence-corrected chi connectivity index (χ0v) is 16.2. The van der Waals surface area contributed by atoms with Gasteiger partial charge in [-0.2, -0.15) is 0 Å². The number of ether oxygens (including phenoxy) is 1. The molecular formula is C22H25N3O4. The number of nitrogens with one attached hydrogen (secondary N) is 2. The normalized spacial score (nSPS) is 21.9. The van der Waals surface area contributed by atoms with Crippen LogP contribution in [0.15, 0.2) is 67.0 Å². The Morgan fingerprint density at radius 1 is 1.17 bits per heavy atom. The van der Waals surface area contributed by atoms with E-state index in [9.17, 15) is 14.7 Å². The van der Waals surface area contributed by atoms with Gasteiger partial charge in [-0.15, -0.1) is 0 Å². The predicted octanol–water partition coefficient (Wildman–Crippen LogP) is 1.76. The average Bonchev–Trinajstić information content (AvgIpc) is 2.75. The Morgan fingerprint density at radius 2 is 1.97 bits per heavy atom. The van der Waals surface area contributed by atoms with Crippen LogP contribution in [0.25, 0.3) is 0 Å². The van der Waals surface area contributed by atoms with Crippen LogP contribution in [0.3, 0.4) is 0 Å². The standard InChI is InChI=1S/C22H25N3O4/c1-15(16-6-3-2-4-7-16)24-21(27)12-18-9-10-19(20(14-26)29-18)25-22(28)17-8-5-11-23-13-17/h2-11,13,15,18-20,26H,12,14H2,1H3,(H,24,27)(H,25,28)/t15-,18-,19-,20-/m0/s1. The molecule has 7 heteroatoms. The van der Waals surface area contributed by atoms with Gasteiger partial charge in [-0.25, -0.2) is 0 Å². The number of carbonyl (C=O) groups excluding carboxylic acids is 2. The van der Waals surface area contributed by atoms with Gasteiger partial charge in [0.2, 0.25) is 5.91 Å². The number of hydrogen-bond acceptors (Lipinski definition) is 5. The third kappa shape index (κ3) is 5.73. The maximum Gasteiger partial charge on any atom is 0.253 e. The number of amides is 2. The molecule has 0 saturated heterocycles. The highest BCUT2D eigenvalue weighted by atomic mass is 16.5. The van der Waals surface area contributed by atoms with E-state index in [2.05, 4.69) is 15.6 Å². The molecule has 3 rings (SSSR count). The highest BCUT2D eigenvalue weighted by molar-refractivity contribution is 5.94. The van der Waals surface area contributed by atoms with E-state index in [0.717, 1.165) is 5.56 Å². The van der Waals surface area contributed by atoms with Crippen molar-refractivity contribution in [3.05, 3.63) is 78.1 Å². The van der Waals surface area contributed by atoms with Gasteiger partial charge >= 0.3 is 0 Å². The number of benzene rings is 1. The monoisotopic (exact) mass is 395 g/mol. The van der Waals surface area contributed by atoms with Crippen LogP contribution < -0.4 is 10.6 Å². The number of carbonyl (C=O) groups is 2. The first-order valence-corrected chi connectivity index (χ1v) is 9.56. The minimum Gasteiger partial charge on any atom is -0.394 e. The average molecular weight is 395 g/mol. The van der Waals surface area contributed by atoms with Crippen molar-refractivity contribution in [1.29, 1.82) is 0 Å². The zero-order chi connectivity index (χ0) is 20.6. The Balaban J connectivity index is 1.55. The Hall–Kier alpha value is -3.03. The first kappa shape index (κ1) is 20.7. The molecule has 0 saturated carbocycles. The van der Waals surface area contributed by atoms with Crippen molar-refractivity contribution in [2.24, 2.45) is 0 Å². The van der Waals surface area contributed by atoms with E-state index in [0.29, 0.717) is 5.56 Å². The van der Waals surface area contributed by atoms with E-state index in [1.807, 2.05) is 37.3 Å². The van der Waals surface area contributed by atoms with Gasteiger partial charge < -0.3 is 20.5 Å². The molecule has 1 aliphatic rings. The topological polar surface area (TPSA) is 101 Å². The van der Waals surface area contributed by atoms with Gasteiger partial charge in [0.25, 0.3) is 5.91 Å². The van der Waals surface area contributed by atoms with Gasteiger partial charge in [0.15, 0.2) is 0 Å². The van der Waals surface area contributed by atoms with Gasteiger partial charge in [0, 0.05) is 12.4 Å². The number of aliphatic hydroxyl groups is 1. The summed E-state index contributed by atoms with van der Waals surface area (Å²) in [5.74, 6) is -0.451. The van der Waals surface area contributed by atoms with E-state index >= 15 is 0 Å². The molecule has 0 spiro atoms. The minimum atomic E-state index is -0.634. The summed E-state index contributed by atoms with van der Waals surface area (Å²) in [7, 11) is 0. The highest BCUT2D eigenvalue weighted by Crippen LogP contribution is 2.17. The van der Waals surface area contributed by atoms with E-state index < -0.39 is 18.2 Å². The third-order valence-electron chi connectivity index (χ3n) is 4.75. The van der Waals surface area contributed by atoms with Crippen molar-refractivity contribution >= 4 is 11.8 Å². The lowest BCUT2D eigenvalue weighted by Gasteiger charge is -2.31. The van der Waals surface area contributed by atoms with Crippen molar-refractivity contribution in [1.82, 2.24) is 15.6 Å². The van der Waals surface area contributed by atoms with Crippen LogP contribution in [0.1, 0.15) is 35.3 Å². The Kier molecular flexibility index (Phi) is 7.10. The largest absolute Gasteiger partial charge is 0.394 e. The molecule has 1 aliphatic heterocycles. The van der Waals surface area contributed by atoms with Crippen LogP contribution >= 0.6 is 0 Å². The summed E-state index contributed by atoms with van der Waals surface area (Å²) in [6, 6.07) is 12.4. The molecule has 0 radical (unpaired) electrons. The van der Waals surface area contributed by atoms with E-state index in [1.54, 1.807) is 30.5 Å². The van der Waals surface area contributed by atoms with Crippen LogP contribution in [0.4, 0.5) is 0 Å². The fraction of sp³-hybridized carbons (Fsp3) is 0.318. The smallest absolute Gasteiger partial charge is 0.253 e. The molecule has 0 bridgehead atoms. The van der Waals surface area contributed by atoms with Crippen molar-refractivity contribution in [3.8, 4) is 0 Å². The predicted molar refractivity (Wildman–Crippen MR) is 108 cm³/mol. The van der Waals surface area contributed by atoms with Gasteiger partial charge in [-0.05, 0) is 24.6 Å². The van der Waals surface area contributed by atoms with Crippen molar-refractivity contribution in [2.45, 2.75) is 37.6 Å². The molecule has 29 heavy (non-hydrogen) atoms. The molecule has 4 atom stereocenters. The molecule has 3 N–H and O–H groups in total. The van der Waals surface area contributed by atoms with Gasteiger partial charge in [0.1, 0.15) is 6.10 Å². The molecule has 1 aromatic carbocycles. The summed E-state index contributed by atoms with van der Waals surface area (Å²) in [4.78, 5) is 28.6. The van der Waals surface area contributed by atoms with E-state index in [-0.39, 0.29) is 30.9 Å². The van der Waals surface area contributed by atoms with Crippen LogP contribution in [-0.4, -0.2) is 46.8 Å². The lowest BCUT2D eigenvalue weighted by atomic mass is 10.0. The quantitative estimate of drug-likeness (QED) is 0.621. The Bertz CT molecular complexity index is 842. The number of hydrogen-bond donors (Lipinski definition) is 3. The lowest BCUT2D eigenvalue weighted by Crippen LogP contribution is -2.49. The number of aromatic nitrogens is 1. The van der Waals surface area contributed by atoms with Gasteiger partial charge in [-0.1, -0.05) is 42.5 Å². The summed E-state index contributed by atoms with van der Waals surface area (Å²) in [6.07, 6.45) is 5.59. The number of rotatable bonds is 7. The number of aliphatic hydroxyl groups excluding tert-OH is 1. The van der Waals surface area contributed by atoms with Crippen molar-refractivity contribution < 1.29 is 19.4 Å². The lowest BCUT2D eigenvalue weighted by molar-refractivity contribution is -0.126. The molecule has 152 valence electrons. The Morgan fingerprint density at radius 3 is 2.66 bits per heavy atom. The van der Waals surface area contributed by atoms with Gasteiger partial charge in [-0.3, -0.25) is 14.6 Å². The fourth-order valence-electron chi connectivity index (χ4n) is 3.18. The van der Waals surface area contributed by atoms with E-state index in [4.69, 9.17) is 4.74 Å². The molecule has 0 fully saturated rings. The number of nitrogens with zero attached hydrogens (tertiary/aromatic N) is 1. The van der Waals surface area contributed by atoms with Crippen LogP contribution in [0.5, 0.6) is 0 Å². The molecule has 0 aliphatic carbocycles. The minimum absolute atomic E-state index is 0.114. The second kappa shape index (κ2) is 9.95. The molecule has 7 nitrogen and oxygen atoms in total. The third-order valence-corrected chi connectivity index (χ3v) is 4.75. The maximum absolute atomic E-state index is 12.4. The first-order valence-electron chi connectivity index (χ1n) is 9.56. The summed E-state index contributed by atoms with van der Waals surface area (Å²) in [6.45, 7) is 1.65. The summed E-state index contributed by atoms with van der Waals surface area (Å²) in [5, 5.41) is 15.4. The SMILES string of the molecule is C[C@H](NC(=O)C[C@@H]1C=C[C@H](NC(=O)c2cccnc2)[C@H](CO)O1)c1ccccc1. The summed E-state index contributed by atoms with van der Waals surface area (Å²) in [5.41, 5.74) is 1.45. The molecule has 0 unspecified atom stereocenters.